The van der Waals surface area contributed by atoms with Crippen LogP contribution in [0, 0.1) is 11.7 Å². The molecule has 45 heavy (non-hydrogen) atoms. The molecule has 4 aromatic heterocycles. The molecule has 5 heterocycles. The summed E-state index contributed by atoms with van der Waals surface area (Å²) in [5.41, 5.74) is 10.4. The SMILES string of the molecule is C=C(Nc1cncc(-c2ccc3[nH]nc(-c4cc5c(-c6cc(F)cc(CCCN7CCCC7)c6)cncc5[nH]4)c3c2)c1)C1CC1. The molecule has 3 N–H and O–H groups in total. The number of pyridine rings is 2. The van der Waals surface area contributed by atoms with Crippen LogP contribution in [0.25, 0.3) is 55.4 Å². The summed E-state index contributed by atoms with van der Waals surface area (Å²) >= 11 is 0. The monoisotopic (exact) mass is 597 g/mol. The highest BCUT2D eigenvalue weighted by atomic mass is 19.1. The Morgan fingerprint density at radius 1 is 0.889 bits per heavy atom. The number of aromatic amines is 2. The van der Waals surface area contributed by atoms with Crippen LogP contribution in [0.2, 0.25) is 0 Å². The minimum atomic E-state index is -0.215. The van der Waals surface area contributed by atoms with E-state index in [1.165, 1.54) is 38.8 Å². The second-order valence-corrected chi connectivity index (χ2v) is 12.6. The maximum atomic E-state index is 14.9. The van der Waals surface area contributed by atoms with Crippen LogP contribution in [0.4, 0.5) is 10.1 Å². The zero-order valence-electron chi connectivity index (χ0n) is 25.2. The third-order valence-corrected chi connectivity index (χ3v) is 9.22. The zero-order chi connectivity index (χ0) is 30.3. The Kier molecular flexibility index (Phi) is 7.14. The number of benzene rings is 2. The van der Waals surface area contributed by atoms with Crippen molar-refractivity contribution < 1.29 is 4.39 Å². The van der Waals surface area contributed by atoms with E-state index in [1.54, 1.807) is 12.1 Å². The lowest BCUT2D eigenvalue weighted by Gasteiger charge is -2.14. The molecule has 1 saturated heterocycles. The topological polar surface area (TPSA) is 85.5 Å². The van der Waals surface area contributed by atoms with E-state index in [2.05, 4.69) is 73.2 Å². The molecule has 1 aliphatic heterocycles. The second-order valence-electron chi connectivity index (χ2n) is 12.6. The first-order valence-corrected chi connectivity index (χ1v) is 16.0. The molecule has 0 atom stereocenters. The molecule has 0 bridgehead atoms. The predicted octanol–water partition coefficient (Wildman–Crippen LogP) is 8.34. The van der Waals surface area contributed by atoms with Gasteiger partial charge in [-0.3, -0.25) is 15.1 Å². The fourth-order valence-corrected chi connectivity index (χ4v) is 6.66. The number of aromatic nitrogens is 5. The first-order chi connectivity index (χ1) is 22.1. The van der Waals surface area contributed by atoms with Gasteiger partial charge in [-0.25, -0.2) is 4.39 Å². The normalized spacial score (nSPS) is 15.3. The maximum absolute atomic E-state index is 14.9. The second kappa shape index (κ2) is 11.6. The van der Waals surface area contributed by atoms with Gasteiger partial charge in [0.2, 0.25) is 0 Å². The Labute approximate surface area is 261 Å². The highest BCUT2D eigenvalue weighted by molar-refractivity contribution is 6.01. The highest BCUT2D eigenvalue weighted by Gasteiger charge is 2.24. The van der Waals surface area contributed by atoms with Crippen molar-refractivity contribution in [2.45, 2.75) is 38.5 Å². The molecular weight excluding hydrogens is 561 g/mol. The van der Waals surface area contributed by atoms with Gasteiger partial charge in [-0.2, -0.15) is 5.10 Å². The van der Waals surface area contributed by atoms with E-state index in [-0.39, 0.29) is 5.82 Å². The molecule has 8 rings (SSSR count). The molecule has 1 aliphatic carbocycles. The first kappa shape index (κ1) is 27.7. The van der Waals surface area contributed by atoms with E-state index in [0.29, 0.717) is 5.92 Å². The largest absolute Gasteiger partial charge is 0.358 e. The van der Waals surface area contributed by atoms with Crippen molar-refractivity contribution in [1.29, 1.82) is 0 Å². The van der Waals surface area contributed by atoms with E-state index in [1.807, 2.05) is 24.8 Å². The van der Waals surface area contributed by atoms with Crippen molar-refractivity contribution in [2.24, 2.45) is 5.92 Å². The first-order valence-electron chi connectivity index (χ1n) is 16.0. The number of hydrogen-bond acceptors (Lipinski definition) is 5. The molecule has 7 nitrogen and oxygen atoms in total. The highest BCUT2D eigenvalue weighted by Crippen LogP contribution is 2.37. The minimum absolute atomic E-state index is 0.215. The molecule has 2 aliphatic rings. The standard InChI is InChI=1S/C37H36FN7/c1-23(25-6-7-25)41-30-16-28(19-39-20-30)26-8-9-34-32(17-26)37(44-43-34)35-18-31-33(21-40-22-36(31)42-35)27-13-24(14-29(38)15-27)5-4-12-45-10-2-3-11-45/h8-9,13-22,25,41-42H,1-7,10-12H2,(H,43,44). The molecule has 2 aromatic carbocycles. The number of hydrogen-bond donors (Lipinski definition) is 3. The molecule has 8 heteroatoms. The Balaban J connectivity index is 1.10. The van der Waals surface area contributed by atoms with Crippen molar-refractivity contribution in [2.75, 3.05) is 25.0 Å². The fourth-order valence-electron chi connectivity index (χ4n) is 6.66. The molecule has 226 valence electrons. The lowest BCUT2D eigenvalue weighted by molar-refractivity contribution is 0.334. The number of rotatable bonds is 10. The van der Waals surface area contributed by atoms with Gasteiger partial charge in [-0.1, -0.05) is 18.7 Å². The summed E-state index contributed by atoms with van der Waals surface area (Å²) in [4.78, 5) is 15.0. The predicted molar refractivity (Wildman–Crippen MR) is 179 cm³/mol. The van der Waals surface area contributed by atoms with Gasteiger partial charge in [-0.15, -0.1) is 0 Å². The van der Waals surface area contributed by atoms with E-state index >= 15 is 0 Å². The number of allylic oxidation sites excluding steroid dienone is 1. The lowest BCUT2D eigenvalue weighted by Crippen LogP contribution is -2.20. The van der Waals surface area contributed by atoms with E-state index in [4.69, 9.17) is 5.10 Å². The Morgan fingerprint density at radius 3 is 2.62 bits per heavy atom. The van der Waals surface area contributed by atoms with Gasteiger partial charge in [0.25, 0.3) is 0 Å². The van der Waals surface area contributed by atoms with Crippen LogP contribution >= 0.6 is 0 Å². The van der Waals surface area contributed by atoms with Crippen molar-refractivity contribution in [3.63, 3.8) is 0 Å². The third kappa shape index (κ3) is 5.73. The van der Waals surface area contributed by atoms with Crippen LogP contribution in [-0.2, 0) is 6.42 Å². The minimum Gasteiger partial charge on any atom is -0.358 e. The molecule has 0 radical (unpaired) electrons. The van der Waals surface area contributed by atoms with Gasteiger partial charge in [0.1, 0.15) is 11.5 Å². The molecular formula is C37H36FN7. The molecule has 2 fully saturated rings. The summed E-state index contributed by atoms with van der Waals surface area (Å²) in [6.45, 7) is 7.63. The Bertz CT molecular complexity index is 2030. The number of anilines is 1. The number of halogens is 1. The average molecular weight is 598 g/mol. The van der Waals surface area contributed by atoms with Crippen molar-refractivity contribution >= 4 is 27.5 Å². The number of nitrogens with zero attached hydrogens (tertiary/aromatic N) is 4. The fraction of sp³-hybridized carbons (Fsp3) is 0.270. The quantitative estimate of drug-likeness (QED) is 0.148. The van der Waals surface area contributed by atoms with Crippen molar-refractivity contribution in [3.05, 3.63) is 97.0 Å². The van der Waals surface area contributed by atoms with Gasteiger partial charge >= 0.3 is 0 Å². The number of likely N-dealkylation sites (tertiary alicyclic amines) is 1. The van der Waals surface area contributed by atoms with Crippen LogP contribution in [0.3, 0.4) is 0 Å². The number of nitrogens with one attached hydrogen (secondary N) is 3. The smallest absolute Gasteiger partial charge is 0.124 e. The lowest BCUT2D eigenvalue weighted by atomic mass is 9.99. The maximum Gasteiger partial charge on any atom is 0.124 e. The van der Waals surface area contributed by atoms with E-state index < -0.39 is 0 Å². The Hall–Kier alpha value is -4.82. The van der Waals surface area contributed by atoms with Crippen LogP contribution in [0.15, 0.2) is 85.6 Å². The molecule has 0 spiro atoms. The van der Waals surface area contributed by atoms with Crippen LogP contribution in [-0.4, -0.2) is 49.7 Å². The van der Waals surface area contributed by atoms with E-state index in [0.717, 1.165) is 91.8 Å². The summed E-state index contributed by atoms with van der Waals surface area (Å²) in [6, 6.07) is 15.9. The van der Waals surface area contributed by atoms with Crippen LogP contribution in [0.5, 0.6) is 0 Å². The molecule has 0 amide bonds. The van der Waals surface area contributed by atoms with Crippen molar-refractivity contribution in [1.82, 2.24) is 30.0 Å². The summed E-state index contributed by atoms with van der Waals surface area (Å²) in [5.74, 6) is 0.353. The van der Waals surface area contributed by atoms with Crippen LogP contribution in [0.1, 0.15) is 37.7 Å². The van der Waals surface area contributed by atoms with Crippen molar-refractivity contribution in [3.8, 4) is 33.6 Å². The summed E-state index contributed by atoms with van der Waals surface area (Å²) < 4.78 is 14.9. The number of aryl methyl sites for hydroxylation is 1. The molecule has 0 unspecified atom stereocenters. The summed E-state index contributed by atoms with van der Waals surface area (Å²) in [5, 5.41) is 13.3. The third-order valence-electron chi connectivity index (χ3n) is 9.22. The van der Waals surface area contributed by atoms with Gasteiger partial charge in [0.05, 0.1) is 34.8 Å². The average Bonchev–Trinajstić information content (AvgIpc) is 3.40. The van der Waals surface area contributed by atoms with Gasteiger partial charge in [0, 0.05) is 40.0 Å². The summed E-state index contributed by atoms with van der Waals surface area (Å²) in [7, 11) is 0. The number of H-pyrrole nitrogens is 2. The molecule has 6 aromatic rings. The molecule has 1 saturated carbocycles. The van der Waals surface area contributed by atoms with Gasteiger partial charge < -0.3 is 15.2 Å². The summed E-state index contributed by atoms with van der Waals surface area (Å²) in [6.07, 6.45) is 14.2. The van der Waals surface area contributed by atoms with Crippen LogP contribution < -0.4 is 5.32 Å². The number of fused-ring (bicyclic) bond motifs is 2. The van der Waals surface area contributed by atoms with E-state index in [9.17, 15) is 4.39 Å². The van der Waals surface area contributed by atoms with Gasteiger partial charge in [-0.05, 0) is 117 Å². The Morgan fingerprint density at radius 2 is 1.76 bits per heavy atom. The zero-order valence-corrected chi connectivity index (χ0v) is 25.2. The van der Waals surface area contributed by atoms with Gasteiger partial charge in [0.15, 0.2) is 0 Å².